The highest BCUT2D eigenvalue weighted by Crippen LogP contribution is 2.40. The number of aromatic nitrogens is 3. The van der Waals surface area contributed by atoms with Crippen LogP contribution >= 0.6 is 0 Å². The third kappa shape index (κ3) is 1.48. The van der Waals surface area contributed by atoms with Crippen LogP contribution in [-0.2, 0) is 12.0 Å². The van der Waals surface area contributed by atoms with E-state index in [0.29, 0.717) is 0 Å². The van der Waals surface area contributed by atoms with Crippen molar-refractivity contribution in [1.82, 2.24) is 14.5 Å². The van der Waals surface area contributed by atoms with E-state index in [1.165, 1.54) is 6.42 Å². The third-order valence-corrected chi connectivity index (χ3v) is 4.36. The molecule has 1 aliphatic carbocycles. The predicted octanol–water partition coefficient (Wildman–Crippen LogP) is 2.22. The summed E-state index contributed by atoms with van der Waals surface area (Å²) in [6.45, 7) is 5.28. The van der Waals surface area contributed by atoms with Crippen LogP contribution in [0.15, 0.2) is 18.3 Å². The molecule has 2 unspecified atom stereocenters. The van der Waals surface area contributed by atoms with Crippen LogP contribution in [0.1, 0.15) is 38.9 Å². The Hall–Kier alpha value is -1.42. The van der Waals surface area contributed by atoms with Crippen molar-refractivity contribution in [3.63, 3.8) is 0 Å². The minimum absolute atomic E-state index is 0.00326. The molecule has 0 spiro atoms. The van der Waals surface area contributed by atoms with Gasteiger partial charge in [0.15, 0.2) is 5.65 Å². The zero-order valence-corrected chi connectivity index (χ0v) is 11.1. The first-order chi connectivity index (χ1) is 8.66. The summed E-state index contributed by atoms with van der Waals surface area (Å²) in [5.41, 5.74) is 8.28. The fraction of sp³-hybridized carbons (Fsp3) is 0.571. The molecular weight excluding hydrogens is 224 g/mol. The summed E-state index contributed by atoms with van der Waals surface area (Å²) in [6.07, 6.45) is 5.24. The van der Waals surface area contributed by atoms with Crippen LogP contribution in [0.5, 0.6) is 0 Å². The zero-order valence-electron chi connectivity index (χ0n) is 11.1. The number of hydrogen-bond donors (Lipinski definition) is 1. The second kappa shape index (κ2) is 4.05. The molecule has 4 nitrogen and oxygen atoms in total. The highest BCUT2D eigenvalue weighted by molar-refractivity contribution is 5.71. The number of hydrogen-bond acceptors (Lipinski definition) is 3. The molecule has 0 saturated heterocycles. The van der Waals surface area contributed by atoms with Crippen LogP contribution in [0, 0.1) is 0 Å². The number of pyridine rings is 1. The number of nitrogens with zero attached hydrogens (tertiary/aromatic N) is 3. The third-order valence-electron chi connectivity index (χ3n) is 4.36. The SMILES string of the molecule is CCn1c(C2(C)CCCC2N)nc2cccnc21. The molecule has 0 bridgehead atoms. The van der Waals surface area contributed by atoms with Gasteiger partial charge in [-0.2, -0.15) is 0 Å². The van der Waals surface area contributed by atoms with Gasteiger partial charge in [-0.3, -0.25) is 0 Å². The van der Waals surface area contributed by atoms with E-state index in [0.717, 1.165) is 36.4 Å². The second-order valence-corrected chi connectivity index (χ2v) is 5.44. The molecule has 2 aromatic rings. The van der Waals surface area contributed by atoms with Gasteiger partial charge in [0.25, 0.3) is 0 Å². The van der Waals surface area contributed by atoms with Crippen molar-refractivity contribution in [2.75, 3.05) is 0 Å². The summed E-state index contributed by atoms with van der Waals surface area (Å²) in [5.74, 6) is 1.11. The Balaban J connectivity index is 2.22. The summed E-state index contributed by atoms with van der Waals surface area (Å²) in [5, 5.41) is 0. The summed E-state index contributed by atoms with van der Waals surface area (Å²) in [6, 6.07) is 4.18. The molecule has 0 aromatic carbocycles. The molecule has 2 heterocycles. The minimum Gasteiger partial charge on any atom is -0.327 e. The van der Waals surface area contributed by atoms with E-state index in [9.17, 15) is 0 Å². The van der Waals surface area contributed by atoms with Gasteiger partial charge in [-0.1, -0.05) is 13.3 Å². The van der Waals surface area contributed by atoms with Gasteiger partial charge in [-0.15, -0.1) is 0 Å². The van der Waals surface area contributed by atoms with Crippen LogP contribution in [0.4, 0.5) is 0 Å². The van der Waals surface area contributed by atoms with Crippen molar-refractivity contribution in [2.24, 2.45) is 5.73 Å². The average molecular weight is 244 g/mol. The average Bonchev–Trinajstić information content (AvgIpc) is 2.91. The van der Waals surface area contributed by atoms with Crippen molar-refractivity contribution < 1.29 is 0 Å². The topological polar surface area (TPSA) is 56.7 Å². The molecule has 0 radical (unpaired) electrons. The zero-order chi connectivity index (χ0) is 12.8. The number of nitrogens with two attached hydrogens (primary N) is 1. The van der Waals surface area contributed by atoms with E-state index >= 15 is 0 Å². The van der Waals surface area contributed by atoms with E-state index in [2.05, 4.69) is 23.4 Å². The van der Waals surface area contributed by atoms with Crippen LogP contribution in [0.3, 0.4) is 0 Å². The van der Waals surface area contributed by atoms with Gasteiger partial charge in [0.2, 0.25) is 0 Å². The maximum atomic E-state index is 6.32. The highest BCUT2D eigenvalue weighted by Gasteiger charge is 2.41. The molecule has 96 valence electrons. The Morgan fingerprint density at radius 1 is 1.56 bits per heavy atom. The smallest absolute Gasteiger partial charge is 0.159 e. The van der Waals surface area contributed by atoms with Crippen LogP contribution in [0.25, 0.3) is 11.2 Å². The van der Waals surface area contributed by atoms with Crippen molar-refractivity contribution in [3.05, 3.63) is 24.2 Å². The molecule has 0 amide bonds. The van der Waals surface area contributed by atoms with Crippen molar-refractivity contribution in [1.29, 1.82) is 0 Å². The van der Waals surface area contributed by atoms with Crippen molar-refractivity contribution in [3.8, 4) is 0 Å². The fourth-order valence-electron chi connectivity index (χ4n) is 3.16. The molecule has 3 rings (SSSR count). The summed E-state index contributed by atoms with van der Waals surface area (Å²) < 4.78 is 2.22. The molecule has 2 atom stereocenters. The maximum absolute atomic E-state index is 6.32. The van der Waals surface area contributed by atoms with Crippen LogP contribution in [0.2, 0.25) is 0 Å². The van der Waals surface area contributed by atoms with Gasteiger partial charge >= 0.3 is 0 Å². The van der Waals surface area contributed by atoms with Crippen LogP contribution in [-0.4, -0.2) is 20.6 Å². The number of rotatable bonds is 2. The van der Waals surface area contributed by atoms with Gasteiger partial charge in [-0.05, 0) is 31.9 Å². The molecule has 2 N–H and O–H groups in total. The lowest BCUT2D eigenvalue weighted by Gasteiger charge is -2.28. The Kier molecular flexibility index (Phi) is 2.63. The normalized spacial score (nSPS) is 28.1. The van der Waals surface area contributed by atoms with Crippen molar-refractivity contribution in [2.45, 2.75) is 51.1 Å². The van der Waals surface area contributed by atoms with Gasteiger partial charge in [0.05, 0.1) is 0 Å². The first-order valence-electron chi connectivity index (χ1n) is 6.74. The summed E-state index contributed by atoms with van der Waals surface area (Å²) >= 11 is 0. The Labute approximate surface area is 107 Å². The lowest BCUT2D eigenvalue weighted by Crippen LogP contribution is -2.40. The van der Waals surface area contributed by atoms with Gasteiger partial charge < -0.3 is 10.3 Å². The molecule has 0 aliphatic heterocycles. The monoisotopic (exact) mass is 244 g/mol. The van der Waals surface area contributed by atoms with E-state index in [-0.39, 0.29) is 11.5 Å². The molecule has 4 heteroatoms. The van der Waals surface area contributed by atoms with Crippen molar-refractivity contribution >= 4 is 11.2 Å². The molecule has 2 aromatic heterocycles. The van der Waals surface area contributed by atoms with Gasteiger partial charge in [-0.25, -0.2) is 9.97 Å². The van der Waals surface area contributed by atoms with Crippen LogP contribution < -0.4 is 5.73 Å². The van der Waals surface area contributed by atoms with E-state index in [1.807, 2.05) is 18.3 Å². The quantitative estimate of drug-likeness (QED) is 0.881. The maximum Gasteiger partial charge on any atom is 0.159 e. The Morgan fingerprint density at radius 2 is 2.39 bits per heavy atom. The predicted molar refractivity (Wildman–Crippen MR) is 72.4 cm³/mol. The molecule has 1 aliphatic rings. The van der Waals surface area contributed by atoms with Gasteiger partial charge in [0.1, 0.15) is 11.3 Å². The van der Waals surface area contributed by atoms with E-state index < -0.39 is 0 Å². The second-order valence-electron chi connectivity index (χ2n) is 5.44. The molecular formula is C14H20N4. The Bertz CT molecular complexity index is 574. The number of imidazole rings is 1. The lowest BCUT2D eigenvalue weighted by molar-refractivity contribution is 0.389. The molecule has 1 fully saturated rings. The molecule has 1 saturated carbocycles. The van der Waals surface area contributed by atoms with E-state index in [1.54, 1.807) is 0 Å². The molecule has 18 heavy (non-hydrogen) atoms. The van der Waals surface area contributed by atoms with E-state index in [4.69, 9.17) is 10.7 Å². The first kappa shape index (κ1) is 11.7. The number of aryl methyl sites for hydroxylation is 1. The minimum atomic E-state index is -0.00326. The lowest BCUT2D eigenvalue weighted by atomic mass is 9.84. The largest absolute Gasteiger partial charge is 0.327 e. The number of fused-ring (bicyclic) bond motifs is 1. The van der Waals surface area contributed by atoms with Gasteiger partial charge in [0, 0.05) is 24.2 Å². The first-order valence-corrected chi connectivity index (χ1v) is 6.74. The fourth-order valence-corrected chi connectivity index (χ4v) is 3.16. The summed E-state index contributed by atoms with van der Waals surface area (Å²) in [4.78, 5) is 9.27. The standard InChI is InChI=1S/C14H20N4/c1-3-18-12-10(6-5-9-16-12)17-13(18)14(2)8-4-7-11(14)15/h5-6,9,11H,3-4,7-8,15H2,1-2H3. The highest BCUT2D eigenvalue weighted by atomic mass is 15.1. The summed E-state index contributed by atoms with van der Waals surface area (Å²) in [7, 11) is 0. The Morgan fingerprint density at radius 3 is 3.06 bits per heavy atom.